The van der Waals surface area contributed by atoms with Crippen LogP contribution >= 0.6 is 0 Å². The van der Waals surface area contributed by atoms with Gasteiger partial charge in [-0.3, -0.25) is 0 Å². The fourth-order valence-electron chi connectivity index (χ4n) is 1.81. The second-order valence-electron chi connectivity index (χ2n) is 4.32. The number of hydrogen-bond acceptors (Lipinski definition) is 3. The Kier molecular flexibility index (Phi) is 2.16. The van der Waals surface area contributed by atoms with E-state index >= 15 is 0 Å². The van der Waals surface area contributed by atoms with E-state index in [1.54, 1.807) is 23.1 Å². The number of anilines is 1. The third-order valence-electron chi connectivity index (χ3n) is 2.91. The Morgan fingerprint density at radius 2 is 2.06 bits per heavy atom. The predicted octanol–water partition coefficient (Wildman–Crippen LogP) is 0.933. The first kappa shape index (κ1) is 10.6. The smallest absolute Gasteiger partial charge is 0.266 e. The Balaban J connectivity index is 2.13. The zero-order valence-corrected chi connectivity index (χ0v) is 10.2. The van der Waals surface area contributed by atoms with Crippen LogP contribution < -0.4 is 9.62 Å². The molecule has 6 heteroatoms. The van der Waals surface area contributed by atoms with Gasteiger partial charge in [-0.15, -0.1) is 0 Å². The maximum atomic E-state index is 12.0. The lowest BCUT2D eigenvalue weighted by Gasteiger charge is -2.29. The van der Waals surface area contributed by atoms with Crippen molar-refractivity contribution < 1.29 is 8.42 Å². The van der Waals surface area contributed by atoms with Gasteiger partial charge in [0.25, 0.3) is 10.0 Å². The van der Waals surface area contributed by atoms with Crippen molar-refractivity contribution >= 4 is 21.7 Å². The van der Waals surface area contributed by atoms with Gasteiger partial charge in [0.2, 0.25) is 5.96 Å². The van der Waals surface area contributed by atoms with Gasteiger partial charge in [0.1, 0.15) is 4.90 Å². The van der Waals surface area contributed by atoms with Crippen molar-refractivity contribution in [3.63, 3.8) is 0 Å². The second-order valence-corrected chi connectivity index (χ2v) is 5.97. The minimum absolute atomic E-state index is 0.278. The molecule has 1 aliphatic carbocycles. The maximum Gasteiger partial charge on any atom is 0.266 e. The molecule has 1 fully saturated rings. The van der Waals surface area contributed by atoms with Crippen LogP contribution in [0.3, 0.4) is 0 Å². The highest BCUT2D eigenvalue weighted by Crippen LogP contribution is 2.30. The molecular formula is C11H13N3O2S. The number of sulfonamides is 1. The Labute approximate surface area is 100 Å². The molecule has 0 amide bonds. The van der Waals surface area contributed by atoms with Gasteiger partial charge in [-0.2, -0.15) is 0 Å². The van der Waals surface area contributed by atoms with Crippen molar-refractivity contribution in [2.75, 3.05) is 11.9 Å². The largest absolute Gasteiger partial charge is 0.314 e. The lowest BCUT2D eigenvalue weighted by atomic mass is 10.3. The van der Waals surface area contributed by atoms with Crippen LogP contribution in [-0.4, -0.2) is 27.5 Å². The monoisotopic (exact) mass is 251 g/mol. The standard InChI is InChI=1S/C11H13N3O2S/c1-14-9-4-2-3-5-10(9)17(15,16)13-11(14)12-8-6-7-8/h2-5,8H,6-7H2,1H3,(H,12,13). The van der Waals surface area contributed by atoms with Gasteiger partial charge in [-0.05, 0) is 25.0 Å². The molecule has 1 aromatic rings. The number of benzene rings is 1. The fourth-order valence-corrected chi connectivity index (χ4v) is 3.09. The molecule has 1 aromatic carbocycles. The minimum atomic E-state index is -3.46. The van der Waals surface area contributed by atoms with Crippen LogP contribution in [0.25, 0.3) is 0 Å². The van der Waals surface area contributed by atoms with Crippen LogP contribution in [-0.2, 0) is 10.0 Å². The van der Waals surface area contributed by atoms with Crippen LogP contribution in [0.5, 0.6) is 0 Å². The summed E-state index contributed by atoms with van der Waals surface area (Å²) in [4.78, 5) is 6.46. The van der Waals surface area contributed by atoms with Gasteiger partial charge in [0.15, 0.2) is 0 Å². The first-order chi connectivity index (χ1) is 8.08. The van der Waals surface area contributed by atoms with Crippen LogP contribution in [0.1, 0.15) is 12.8 Å². The number of hydrogen-bond donors (Lipinski definition) is 1. The third-order valence-corrected chi connectivity index (χ3v) is 4.29. The summed E-state index contributed by atoms with van der Waals surface area (Å²) in [6.45, 7) is 0. The Bertz CT molecular complexity index is 590. The van der Waals surface area contributed by atoms with E-state index in [1.165, 1.54) is 0 Å². The summed E-state index contributed by atoms with van der Waals surface area (Å²) in [6, 6.07) is 7.21. The zero-order valence-electron chi connectivity index (χ0n) is 9.42. The highest BCUT2D eigenvalue weighted by Gasteiger charge is 2.32. The van der Waals surface area contributed by atoms with Crippen molar-refractivity contribution in [3.8, 4) is 0 Å². The molecule has 0 saturated heterocycles. The van der Waals surface area contributed by atoms with Gasteiger partial charge in [-0.1, -0.05) is 12.1 Å². The fraction of sp³-hybridized carbons (Fsp3) is 0.364. The normalized spacial score (nSPS) is 24.3. The topological polar surface area (TPSA) is 61.8 Å². The maximum absolute atomic E-state index is 12.0. The van der Waals surface area contributed by atoms with Gasteiger partial charge in [0.05, 0.1) is 11.7 Å². The van der Waals surface area contributed by atoms with Crippen LogP contribution in [0.15, 0.2) is 34.2 Å². The van der Waals surface area contributed by atoms with E-state index in [-0.39, 0.29) is 6.04 Å². The SMILES string of the molecule is CN1C(=NC2CC2)NS(=O)(=O)c2ccccc21. The number of aliphatic imine (C=N–C) groups is 1. The second kappa shape index (κ2) is 3.46. The number of nitrogens with one attached hydrogen (secondary N) is 1. The summed E-state index contributed by atoms with van der Waals surface area (Å²) in [7, 11) is -1.64. The van der Waals surface area contributed by atoms with E-state index in [2.05, 4.69) is 9.71 Å². The molecule has 17 heavy (non-hydrogen) atoms. The van der Waals surface area contributed by atoms with Crippen LogP contribution in [0.4, 0.5) is 5.69 Å². The van der Waals surface area contributed by atoms with E-state index in [0.717, 1.165) is 12.8 Å². The van der Waals surface area contributed by atoms with Crippen molar-refractivity contribution in [2.45, 2.75) is 23.8 Å². The number of fused-ring (bicyclic) bond motifs is 1. The average Bonchev–Trinajstić information content (AvgIpc) is 3.09. The molecule has 0 aromatic heterocycles. The van der Waals surface area contributed by atoms with Gasteiger partial charge >= 0.3 is 0 Å². The molecule has 0 radical (unpaired) electrons. The molecule has 3 rings (SSSR count). The van der Waals surface area contributed by atoms with E-state index < -0.39 is 10.0 Å². The Hall–Kier alpha value is -1.56. The number of guanidine groups is 1. The molecular weight excluding hydrogens is 238 g/mol. The molecule has 0 atom stereocenters. The van der Waals surface area contributed by atoms with Crippen molar-refractivity contribution in [1.29, 1.82) is 0 Å². The molecule has 5 nitrogen and oxygen atoms in total. The van der Waals surface area contributed by atoms with E-state index in [0.29, 0.717) is 16.5 Å². The van der Waals surface area contributed by atoms with Crippen LogP contribution in [0.2, 0.25) is 0 Å². The van der Waals surface area contributed by atoms with Crippen molar-refractivity contribution in [3.05, 3.63) is 24.3 Å². The van der Waals surface area contributed by atoms with E-state index in [4.69, 9.17) is 0 Å². The summed E-state index contributed by atoms with van der Waals surface area (Å²) in [5.41, 5.74) is 0.672. The van der Waals surface area contributed by atoms with E-state index in [9.17, 15) is 8.42 Å². The Morgan fingerprint density at radius 3 is 2.76 bits per heavy atom. The van der Waals surface area contributed by atoms with Crippen molar-refractivity contribution in [1.82, 2.24) is 4.72 Å². The number of para-hydroxylation sites is 1. The quantitative estimate of drug-likeness (QED) is 0.807. The summed E-state index contributed by atoms with van der Waals surface area (Å²) in [5.74, 6) is 0.422. The summed E-state index contributed by atoms with van der Waals surface area (Å²) < 4.78 is 26.5. The number of rotatable bonds is 1. The first-order valence-corrected chi connectivity index (χ1v) is 6.99. The molecule has 0 spiro atoms. The molecule has 1 N–H and O–H groups in total. The third kappa shape index (κ3) is 1.78. The lowest BCUT2D eigenvalue weighted by molar-refractivity contribution is 0.590. The predicted molar refractivity (Wildman–Crippen MR) is 65.6 cm³/mol. The zero-order chi connectivity index (χ0) is 12.0. The molecule has 0 bridgehead atoms. The molecule has 1 aliphatic heterocycles. The average molecular weight is 251 g/mol. The number of nitrogens with zero attached hydrogens (tertiary/aromatic N) is 2. The summed E-state index contributed by atoms with van der Waals surface area (Å²) in [5, 5.41) is 0. The molecule has 1 saturated carbocycles. The van der Waals surface area contributed by atoms with Gasteiger partial charge in [0, 0.05) is 7.05 Å². The minimum Gasteiger partial charge on any atom is -0.314 e. The summed E-state index contributed by atoms with van der Waals surface area (Å²) in [6.07, 6.45) is 2.08. The highest BCUT2D eigenvalue weighted by atomic mass is 32.2. The molecule has 2 aliphatic rings. The van der Waals surface area contributed by atoms with Crippen molar-refractivity contribution in [2.24, 2.45) is 4.99 Å². The molecule has 90 valence electrons. The lowest BCUT2D eigenvalue weighted by Crippen LogP contribution is -2.47. The van der Waals surface area contributed by atoms with Crippen LogP contribution in [0, 0.1) is 0 Å². The van der Waals surface area contributed by atoms with Gasteiger partial charge in [-0.25, -0.2) is 18.1 Å². The van der Waals surface area contributed by atoms with Gasteiger partial charge < -0.3 is 4.90 Å². The Morgan fingerprint density at radius 1 is 1.35 bits per heavy atom. The highest BCUT2D eigenvalue weighted by molar-refractivity contribution is 7.90. The molecule has 0 unspecified atom stereocenters. The summed E-state index contributed by atoms with van der Waals surface area (Å²) >= 11 is 0. The first-order valence-electron chi connectivity index (χ1n) is 5.51. The molecule has 1 heterocycles. The van der Waals surface area contributed by atoms with E-state index in [1.807, 2.05) is 13.1 Å².